The van der Waals surface area contributed by atoms with Crippen molar-refractivity contribution < 1.29 is 9.90 Å². The van der Waals surface area contributed by atoms with Crippen LogP contribution in [0.15, 0.2) is 36.7 Å². The van der Waals surface area contributed by atoms with Gasteiger partial charge in [0.25, 0.3) is 5.91 Å². The molecule has 19 heavy (non-hydrogen) atoms. The molecule has 1 amide bonds. The molecule has 1 aliphatic rings. The highest BCUT2D eigenvalue weighted by molar-refractivity contribution is 6.06. The fraction of sp³-hybridized carbons (Fsp3) is 0.286. The largest absolute Gasteiger partial charge is 0.388 e. The summed E-state index contributed by atoms with van der Waals surface area (Å²) in [5, 5.41) is 14.0. The summed E-state index contributed by atoms with van der Waals surface area (Å²) in [6, 6.07) is 7.48. The minimum atomic E-state index is -0.492. The Labute approximate surface area is 111 Å². The van der Waals surface area contributed by atoms with Crippen molar-refractivity contribution in [3.05, 3.63) is 47.8 Å². The van der Waals surface area contributed by atoms with Gasteiger partial charge in [0.15, 0.2) is 0 Å². The van der Waals surface area contributed by atoms with Crippen LogP contribution < -0.4 is 4.90 Å². The molecule has 3 rings (SSSR count). The van der Waals surface area contributed by atoms with E-state index in [-0.39, 0.29) is 5.91 Å². The van der Waals surface area contributed by atoms with Crippen molar-refractivity contribution in [2.45, 2.75) is 12.5 Å². The van der Waals surface area contributed by atoms with Crippen molar-refractivity contribution in [2.24, 2.45) is 7.05 Å². The van der Waals surface area contributed by atoms with Gasteiger partial charge in [0.1, 0.15) is 0 Å². The molecule has 5 nitrogen and oxygen atoms in total. The SMILES string of the molecule is Cn1cc(C(=O)N2CCC(O)c3ccccc32)cn1. The van der Waals surface area contributed by atoms with Crippen LogP contribution in [-0.2, 0) is 7.05 Å². The Kier molecular flexibility index (Phi) is 2.83. The molecule has 0 saturated heterocycles. The van der Waals surface area contributed by atoms with E-state index in [1.165, 1.54) is 0 Å². The lowest BCUT2D eigenvalue weighted by atomic mass is 9.98. The van der Waals surface area contributed by atoms with Crippen molar-refractivity contribution in [3.63, 3.8) is 0 Å². The molecule has 1 aromatic carbocycles. The van der Waals surface area contributed by atoms with Crippen molar-refractivity contribution in [1.29, 1.82) is 0 Å². The number of benzene rings is 1. The lowest BCUT2D eigenvalue weighted by molar-refractivity contribution is 0.0970. The van der Waals surface area contributed by atoms with Gasteiger partial charge in [-0.15, -0.1) is 0 Å². The molecule has 0 spiro atoms. The number of aliphatic hydroxyl groups excluding tert-OH is 1. The van der Waals surface area contributed by atoms with E-state index in [4.69, 9.17) is 0 Å². The molecule has 0 bridgehead atoms. The van der Waals surface area contributed by atoms with Crippen LogP contribution in [0.5, 0.6) is 0 Å². The molecular weight excluding hydrogens is 242 g/mol. The first-order valence-electron chi connectivity index (χ1n) is 6.24. The molecule has 0 radical (unpaired) electrons. The lowest BCUT2D eigenvalue weighted by Crippen LogP contribution is -2.36. The molecule has 0 fully saturated rings. The monoisotopic (exact) mass is 257 g/mol. The Morgan fingerprint density at radius 1 is 1.42 bits per heavy atom. The molecule has 5 heteroatoms. The van der Waals surface area contributed by atoms with Gasteiger partial charge in [0.05, 0.1) is 17.9 Å². The fourth-order valence-corrected chi connectivity index (χ4v) is 2.44. The number of hydrogen-bond donors (Lipinski definition) is 1. The van der Waals surface area contributed by atoms with Gasteiger partial charge in [0, 0.05) is 31.0 Å². The number of aromatic nitrogens is 2. The second kappa shape index (κ2) is 4.51. The highest BCUT2D eigenvalue weighted by Gasteiger charge is 2.28. The van der Waals surface area contributed by atoms with Gasteiger partial charge in [-0.25, -0.2) is 0 Å². The Balaban J connectivity index is 1.98. The summed E-state index contributed by atoms with van der Waals surface area (Å²) in [6.07, 6.45) is 3.34. The number of para-hydroxylation sites is 1. The smallest absolute Gasteiger partial charge is 0.261 e. The van der Waals surface area contributed by atoms with E-state index >= 15 is 0 Å². The maximum Gasteiger partial charge on any atom is 0.261 e. The number of aliphatic hydroxyl groups is 1. The minimum Gasteiger partial charge on any atom is -0.388 e. The van der Waals surface area contributed by atoms with Crippen LogP contribution in [-0.4, -0.2) is 27.3 Å². The molecule has 1 atom stereocenters. The molecule has 0 aliphatic carbocycles. The molecule has 1 aliphatic heterocycles. The molecular formula is C14H15N3O2. The number of fused-ring (bicyclic) bond motifs is 1. The van der Waals surface area contributed by atoms with Crippen molar-refractivity contribution >= 4 is 11.6 Å². The van der Waals surface area contributed by atoms with Crippen molar-refractivity contribution in [1.82, 2.24) is 9.78 Å². The maximum absolute atomic E-state index is 12.5. The lowest BCUT2D eigenvalue weighted by Gasteiger charge is -2.31. The van der Waals surface area contributed by atoms with Crippen LogP contribution in [0.2, 0.25) is 0 Å². The van der Waals surface area contributed by atoms with Gasteiger partial charge in [0.2, 0.25) is 0 Å². The summed E-state index contributed by atoms with van der Waals surface area (Å²) in [5.74, 6) is -0.0764. The van der Waals surface area contributed by atoms with E-state index in [0.717, 1.165) is 11.3 Å². The average Bonchev–Trinajstić information content (AvgIpc) is 2.86. The number of nitrogens with zero attached hydrogens (tertiary/aromatic N) is 3. The molecule has 1 unspecified atom stereocenters. The fourth-order valence-electron chi connectivity index (χ4n) is 2.44. The minimum absolute atomic E-state index is 0.0764. The Hall–Kier alpha value is -2.14. The number of rotatable bonds is 1. The number of aryl methyl sites for hydroxylation is 1. The maximum atomic E-state index is 12.5. The quantitative estimate of drug-likeness (QED) is 0.842. The number of anilines is 1. The van der Waals surface area contributed by atoms with Crippen molar-refractivity contribution in [2.75, 3.05) is 11.4 Å². The van der Waals surface area contributed by atoms with Gasteiger partial charge in [-0.1, -0.05) is 18.2 Å². The third-order valence-corrected chi connectivity index (χ3v) is 3.41. The van der Waals surface area contributed by atoms with E-state index in [1.807, 2.05) is 24.3 Å². The van der Waals surface area contributed by atoms with Crippen LogP contribution in [0.4, 0.5) is 5.69 Å². The Morgan fingerprint density at radius 3 is 2.95 bits per heavy atom. The van der Waals surface area contributed by atoms with Gasteiger partial charge >= 0.3 is 0 Å². The van der Waals surface area contributed by atoms with Crippen LogP contribution in [0.3, 0.4) is 0 Å². The molecule has 2 heterocycles. The predicted octanol–water partition coefficient (Wildman–Crippen LogP) is 1.50. The first-order valence-corrected chi connectivity index (χ1v) is 6.24. The standard InChI is InChI=1S/C14H15N3O2/c1-16-9-10(8-15-16)14(19)17-7-6-13(18)11-4-2-3-5-12(11)17/h2-5,8-9,13,18H,6-7H2,1H3. The summed E-state index contributed by atoms with van der Waals surface area (Å²) in [6.45, 7) is 0.520. The highest BCUT2D eigenvalue weighted by Crippen LogP contribution is 2.34. The average molecular weight is 257 g/mol. The Bertz CT molecular complexity index is 621. The summed E-state index contributed by atoms with van der Waals surface area (Å²) in [4.78, 5) is 14.2. The van der Waals surface area contributed by atoms with E-state index in [0.29, 0.717) is 18.5 Å². The molecule has 1 N–H and O–H groups in total. The van der Waals surface area contributed by atoms with Gasteiger partial charge < -0.3 is 10.0 Å². The molecule has 1 aromatic heterocycles. The zero-order chi connectivity index (χ0) is 13.4. The summed E-state index contributed by atoms with van der Waals surface area (Å²) < 4.78 is 1.61. The van der Waals surface area contributed by atoms with Gasteiger partial charge in [-0.2, -0.15) is 5.10 Å². The summed E-state index contributed by atoms with van der Waals surface area (Å²) in [5.41, 5.74) is 2.16. The van der Waals surface area contributed by atoms with Crippen LogP contribution >= 0.6 is 0 Å². The number of carbonyl (C=O) groups is 1. The number of carbonyl (C=O) groups excluding carboxylic acids is 1. The second-order valence-electron chi connectivity index (χ2n) is 4.72. The summed E-state index contributed by atoms with van der Waals surface area (Å²) >= 11 is 0. The highest BCUT2D eigenvalue weighted by atomic mass is 16.3. The predicted molar refractivity (Wildman–Crippen MR) is 70.9 cm³/mol. The first kappa shape index (κ1) is 11.9. The zero-order valence-corrected chi connectivity index (χ0v) is 10.7. The number of amides is 1. The van der Waals surface area contributed by atoms with Crippen molar-refractivity contribution in [3.8, 4) is 0 Å². The van der Waals surface area contributed by atoms with Gasteiger partial charge in [-0.3, -0.25) is 9.48 Å². The molecule has 98 valence electrons. The Morgan fingerprint density at radius 2 is 2.21 bits per heavy atom. The van der Waals surface area contributed by atoms with E-state index < -0.39 is 6.10 Å². The van der Waals surface area contributed by atoms with E-state index in [1.54, 1.807) is 29.0 Å². The number of hydrogen-bond acceptors (Lipinski definition) is 3. The van der Waals surface area contributed by atoms with Crippen LogP contribution in [0, 0.1) is 0 Å². The summed E-state index contributed by atoms with van der Waals surface area (Å²) in [7, 11) is 1.78. The van der Waals surface area contributed by atoms with Crippen LogP contribution in [0.25, 0.3) is 0 Å². The van der Waals surface area contributed by atoms with Gasteiger partial charge in [-0.05, 0) is 12.5 Å². The second-order valence-corrected chi connectivity index (χ2v) is 4.72. The zero-order valence-electron chi connectivity index (χ0n) is 10.7. The third-order valence-electron chi connectivity index (χ3n) is 3.41. The third kappa shape index (κ3) is 2.02. The van der Waals surface area contributed by atoms with E-state index in [2.05, 4.69) is 5.10 Å². The molecule has 0 saturated carbocycles. The first-order chi connectivity index (χ1) is 9.16. The van der Waals surface area contributed by atoms with Crippen LogP contribution in [0.1, 0.15) is 28.4 Å². The van der Waals surface area contributed by atoms with E-state index in [9.17, 15) is 9.90 Å². The topological polar surface area (TPSA) is 58.4 Å². The molecule has 2 aromatic rings. The normalized spacial score (nSPS) is 18.2.